The molecule has 1 aromatic carbocycles. The minimum absolute atomic E-state index is 0.0775. The fourth-order valence-corrected chi connectivity index (χ4v) is 3.15. The Morgan fingerprint density at radius 2 is 1.79 bits per heavy atom. The smallest absolute Gasteiger partial charge is 0.306 e. The Balaban J connectivity index is 1.87. The summed E-state index contributed by atoms with van der Waals surface area (Å²) in [7, 11) is 0. The number of aliphatic carboxylic acids is 1. The predicted octanol–water partition coefficient (Wildman–Crippen LogP) is 2.84. The van der Waals surface area contributed by atoms with Crippen LogP contribution in [0.25, 0.3) is 5.69 Å². The van der Waals surface area contributed by atoms with Gasteiger partial charge in [-0.15, -0.1) is 0 Å². The van der Waals surface area contributed by atoms with Crippen molar-refractivity contribution in [1.82, 2.24) is 9.78 Å². The van der Waals surface area contributed by atoms with E-state index in [4.69, 9.17) is 28.3 Å². The van der Waals surface area contributed by atoms with Crippen molar-refractivity contribution < 1.29 is 9.90 Å². The van der Waals surface area contributed by atoms with Crippen LogP contribution < -0.4 is 10.5 Å². The van der Waals surface area contributed by atoms with E-state index in [9.17, 15) is 9.59 Å². The Hall–Kier alpha value is -2.05. The topological polar surface area (TPSA) is 75.4 Å². The van der Waals surface area contributed by atoms with E-state index in [1.54, 1.807) is 30.5 Å². The van der Waals surface area contributed by atoms with E-state index in [0.717, 1.165) is 0 Å². The summed E-state index contributed by atoms with van der Waals surface area (Å²) in [5.41, 5.74) is 0.690. The fourth-order valence-electron chi connectivity index (χ4n) is 2.78. The highest BCUT2D eigenvalue weighted by atomic mass is 35.5. The number of hydrogen-bond donors (Lipinski definition) is 1. The van der Waals surface area contributed by atoms with Crippen molar-refractivity contribution in [3.8, 4) is 5.69 Å². The summed E-state index contributed by atoms with van der Waals surface area (Å²) in [5, 5.41) is 13.9. The number of rotatable bonds is 3. The van der Waals surface area contributed by atoms with Crippen molar-refractivity contribution in [3.05, 3.63) is 50.9 Å². The molecule has 0 saturated carbocycles. The van der Waals surface area contributed by atoms with Gasteiger partial charge in [-0.05, 0) is 37.1 Å². The van der Waals surface area contributed by atoms with E-state index in [0.29, 0.717) is 42.3 Å². The molecule has 0 unspecified atom stereocenters. The lowest BCUT2D eigenvalue weighted by molar-refractivity contribution is -0.142. The third kappa shape index (κ3) is 3.25. The molecule has 0 bridgehead atoms. The van der Waals surface area contributed by atoms with Gasteiger partial charge in [0.2, 0.25) is 0 Å². The average molecular weight is 368 g/mol. The Bertz CT molecular complexity index is 812. The number of anilines is 1. The van der Waals surface area contributed by atoms with Crippen molar-refractivity contribution in [2.24, 2.45) is 5.92 Å². The summed E-state index contributed by atoms with van der Waals surface area (Å²) in [4.78, 5) is 25.4. The lowest BCUT2D eigenvalue weighted by Crippen LogP contribution is -2.37. The van der Waals surface area contributed by atoms with Crippen LogP contribution in [-0.2, 0) is 4.79 Å². The first-order valence-electron chi connectivity index (χ1n) is 7.49. The Labute approximate surface area is 148 Å². The van der Waals surface area contributed by atoms with Gasteiger partial charge in [-0.3, -0.25) is 9.59 Å². The molecule has 2 heterocycles. The third-order valence-corrected chi connectivity index (χ3v) is 4.76. The highest BCUT2D eigenvalue weighted by molar-refractivity contribution is 6.33. The van der Waals surface area contributed by atoms with E-state index in [2.05, 4.69) is 5.10 Å². The number of hydrogen-bond acceptors (Lipinski definition) is 4. The van der Waals surface area contributed by atoms with Gasteiger partial charge in [0.05, 0.1) is 23.5 Å². The molecule has 1 aliphatic heterocycles. The van der Waals surface area contributed by atoms with Crippen molar-refractivity contribution in [1.29, 1.82) is 0 Å². The van der Waals surface area contributed by atoms with Crippen LogP contribution in [0.2, 0.25) is 10.0 Å². The number of carboxylic acids is 1. The first-order valence-corrected chi connectivity index (χ1v) is 8.24. The van der Waals surface area contributed by atoms with E-state index in [-0.39, 0.29) is 10.9 Å². The van der Waals surface area contributed by atoms with E-state index >= 15 is 0 Å². The number of benzene rings is 1. The van der Waals surface area contributed by atoms with Gasteiger partial charge >= 0.3 is 5.97 Å². The summed E-state index contributed by atoms with van der Waals surface area (Å²) < 4.78 is 1.21. The van der Waals surface area contributed by atoms with Crippen molar-refractivity contribution >= 4 is 34.9 Å². The Morgan fingerprint density at radius 1 is 1.17 bits per heavy atom. The van der Waals surface area contributed by atoms with E-state index < -0.39 is 11.5 Å². The van der Waals surface area contributed by atoms with Crippen LogP contribution in [0.1, 0.15) is 12.8 Å². The number of halogens is 2. The van der Waals surface area contributed by atoms with Gasteiger partial charge in [-0.1, -0.05) is 23.2 Å². The molecule has 1 fully saturated rings. The van der Waals surface area contributed by atoms with Crippen molar-refractivity contribution in [3.63, 3.8) is 0 Å². The van der Waals surface area contributed by atoms with Gasteiger partial charge in [0.25, 0.3) is 5.56 Å². The molecule has 0 aliphatic carbocycles. The van der Waals surface area contributed by atoms with Crippen LogP contribution in [-0.4, -0.2) is 33.9 Å². The normalized spacial score (nSPS) is 15.5. The molecule has 2 aromatic rings. The number of piperidine rings is 1. The molecular formula is C16H15Cl2N3O3. The van der Waals surface area contributed by atoms with Crippen molar-refractivity contribution in [2.45, 2.75) is 12.8 Å². The molecule has 1 N–H and O–H groups in total. The molecule has 0 atom stereocenters. The maximum atomic E-state index is 12.5. The second-order valence-electron chi connectivity index (χ2n) is 5.64. The van der Waals surface area contributed by atoms with Crippen LogP contribution in [0.15, 0.2) is 35.3 Å². The molecule has 0 amide bonds. The van der Waals surface area contributed by atoms with Gasteiger partial charge in [0.1, 0.15) is 5.02 Å². The zero-order valence-electron chi connectivity index (χ0n) is 12.7. The molecule has 24 heavy (non-hydrogen) atoms. The zero-order chi connectivity index (χ0) is 17.3. The molecule has 1 aliphatic rings. The van der Waals surface area contributed by atoms with E-state index in [1.807, 2.05) is 4.90 Å². The largest absolute Gasteiger partial charge is 0.481 e. The monoisotopic (exact) mass is 367 g/mol. The maximum absolute atomic E-state index is 12.5. The summed E-state index contributed by atoms with van der Waals surface area (Å²) >= 11 is 12.1. The minimum atomic E-state index is -0.781. The predicted molar refractivity (Wildman–Crippen MR) is 92.4 cm³/mol. The summed E-state index contributed by atoms with van der Waals surface area (Å²) in [6.07, 6.45) is 2.58. The van der Waals surface area contributed by atoms with E-state index in [1.165, 1.54) is 4.68 Å². The Kier molecular flexibility index (Phi) is 4.78. The zero-order valence-corrected chi connectivity index (χ0v) is 14.2. The minimum Gasteiger partial charge on any atom is -0.481 e. The molecule has 0 spiro atoms. The Morgan fingerprint density at radius 3 is 2.38 bits per heavy atom. The molecule has 0 radical (unpaired) electrons. The second-order valence-corrected chi connectivity index (χ2v) is 6.45. The summed E-state index contributed by atoms with van der Waals surface area (Å²) in [5.74, 6) is -1.13. The number of nitrogens with zero attached hydrogens (tertiary/aromatic N) is 3. The third-order valence-electron chi connectivity index (χ3n) is 4.16. The summed E-state index contributed by atoms with van der Waals surface area (Å²) in [6, 6.07) is 6.71. The average Bonchev–Trinajstić information content (AvgIpc) is 2.58. The summed E-state index contributed by atoms with van der Waals surface area (Å²) in [6.45, 7) is 1.06. The first kappa shape index (κ1) is 16.8. The SMILES string of the molecule is O=C(O)C1CCN(c2cnn(-c3ccc(Cl)cc3)c(=O)c2Cl)CC1. The van der Waals surface area contributed by atoms with Crippen LogP contribution in [0.4, 0.5) is 5.69 Å². The molecule has 1 aromatic heterocycles. The first-order chi connectivity index (χ1) is 11.5. The molecule has 8 heteroatoms. The van der Waals surface area contributed by atoms with Crippen molar-refractivity contribution in [2.75, 3.05) is 18.0 Å². The van der Waals surface area contributed by atoms with Gasteiger partial charge in [0.15, 0.2) is 0 Å². The molecule has 6 nitrogen and oxygen atoms in total. The number of aromatic nitrogens is 2. The number of carbonyl (C=O) groups is 1. The standard InChI is InChI=1S/C16H15Cl2N3O3/c17-11-1-3-12(4-2-11)21-15(22)14(18)13(9-19-21)20-7-5-10(6-8-20)16(23)24/h1-4,9-10H,5-8H2,(H,23,24). The fraction of sp³-hybridized carbons (Fsp3) is 0.312. The lowest BCUT2D eigenvalue weighted by Gasteiger charge is -2.32. The molecular weight excluding hydrogens is 353 g/mol. The highest BCUT2D eigenvalue weighted by Gasteiger charge is 2.26. The second kappa shape index (κ2) is 6.83. The van der Waals surface area contributed by atoms with Gasteiger partial charge in [0, 0.05) is 18.1 Å². The highest BCUT2D eigenvalue weighted by Crippen LogP contribution is 2.27. The lowest BCUT2D eigenvalue weighted by atomic mass is 9.97. The maximum Gasteiger partial charge on any atom is 0.306 e. The quantitative estimate of drug-likeness (QED) is 0.902. The van der Waals surface area contributed by atoms with Gasteiger partial charge in [-0.2, -0.15) is 9.78 Å². The molecule has 3 rings (SSSR count). The van der Waals surface area contributed by atoms with Gasteiger partial charge < -0.3 is 10.0 Å². The molecule has 126 valence electrons. The van der Waals surface area contributed by atoms with Gasteiger partial charge in [-0.25, -0.2) is 0 Å². The van der Waals surface area contributed by atoms with Crippen LogP contribution in [0.5, 0.6) is 0 Å². The number of carboxylic acid groups (broad SMARTS) is 1. The van der Waals surface area contributed by atoms with Crippen LogP contribution in [0.3, 0.4) is 0 Å². The molecule has 1 saturated heterocycles. The van der Waals surface area contributed by atoms with Crippen LogP contribution in [0, 0.1) is 5.92 Å². The van der Waals surface area contributed by atoms with Crippen LogP contribution >= 0.6 is 23.2 Å².